The summed E-state index contributed by atoms with van der Waals surface area (Å²) in [5.41, 5.74) is 0. The SMILES string of the molecule is C[Si](C)(CBr)OC1C=CCCC1. The fourth-order valence-corrected chi connectivity index (χ4v) is 2.80. The van der Waals surface area contributed by atoms with Gasteiger partial charge in [-0.2, -0.15) is 0 Å². The van der Waals surface area contributed by atoms with E-state index < -0.39 is 8.32 Å². The van der Waals surface area contributed by atoms with E-state index in [0.29, 0.717) is 6.10 Å². The van der Waals surface area contributed by atoms with Gasteiger partial charge in [0.1, 0.15) is 0 Å². The van der Waals surface area contributed by atoms with Crippen LogP contribution >= 0.6 is 15.9 Å². The third-order valence-corrected chi connectivity index (χ3v) is 7.64. The van der Waals surface area contributed by atoms with Crippen LogP contribution in [0.1, 0.15) is 19.3 Å². The van der Waals surface area contributed by atoms with Gasteiger partial charge in [-0.05, 0) is 32.4 Å². The molecule has 0 fully saturated rings. The zero-order chi connectivity index (χ0) is 9.03. The molecule has 1 aliphatic rings. The van der Waals surface area contributed by atoms with Gasteiger partial charge in [0.25, 0.3) is 0 Å². The lowest BCUT2D eigenvalue weighted by atomic mass is 10.1. The fourth-order valence-electron chi connectivity index (χ4n) is 1.32. The summed E-state index contributed by atoms with van der Waals surface area (Å²) in [6, 6.07) is 0. The quantitative estimate of drug-likeness (QED) is 0.424. The number of hydrogen-bond donors (Lipinski definition) is 0. The van der Waals surface area contributed by atoms with E-state index >= 15 is 0 Å². The molecule has 1 atom stereocenters. The molecule has 0 amide bonds. The van der Waals surface area contributed by atoms with Crippen LogP contribution in [0.2, 0.25) is 13.1 Å². The van der Waals surface area contributed by atoms with E-state index in [4.69, 9.17) is 4.43 Å². The highest BCUT2D eigenvalue weighted by atomic mass is 79.9. The Morgan fingerprint density at radius 3 is 2.83 bits per heavy atom. The Morgan fingerprint density at radius 1 is 1.58 bits per heavy atom. The highest BCUT2D eigenvalue weighted by molar-refractivity contribution is 9.09. The molecule has 70 valence electrons. The first kappa shape index (κ1) is 10.5. The molecule has 0 saturated heterocycles. The van der Waals surface area contributed by atoms with Crippen LogP contribution in [-0.2, 0) is 4.43 Å². The van der Waals surface area contributed by atoms with Crippen LogP contribution in [0.15, 0.2) is 12.2 Å². The predicted octanol–water partition coefficient (Wildman–Crippen LogP) is 3.25. The molecule has 0 bridgehead atoms. The summed E-state index contributed by atoms with van der Waals surface area (Å²) in [6.07, 6.45) is 8.59. The van der Waals surface area contributed by atoms with Gasteiger partial charge in [0.05, 0.1) is 6.10 Å². The standard InChI is InChI=1S/C9H17BrOSi/c1-12(2,8-10)11-9-6-4-3-5-7-9/h4,6,9H,3,5,7-8H2,1-2H3. The van der Waals surface area contributed by atoms with Gasteiger partial charge in [-0.1, -0.05) is 28.1 Å². The molecule has 0 spiro atoms. The van der Waals surface area contributed by atoms with Crippen LogP contribution in [0.25, 0.3) is 0 Å². The van der Waals surface area contributed by atoms with Crippen molar-refractivity contribution >= 4 is 24.2 Å². The number of alkyl halides is 1. The van der Waals surface area contributed by atoms with Crippen LogP contribution in [-0.4, -0.2) is 19.4 Å². The summed E-state index contributed by atoms with van der Waals surface area (Å²) in [5, 5.41) is 0. The van der Waals surface area contributed by atoms with Crippen molar-refractivity contribution in [3.63, 3.8) is 0 Å². The Hall–Kier alpha value is 0.397. The average molecular weight is 249 g/mol. The van der Waals surface area contributed by atoms with Gasteiger partial charge in [-0.25, -0.2) is 0 Å². The molecule has 0 aliphatic heterocycles. The van der Waals surface area contributed by atoms with E-state index in [1.807, 2.05) is 0 Å². The van der Waals surface area contributed by atoms with Crippen LogP contribution in [0.5, 0.6) is 0 Å². The summed E-state index contributed by atoms with van der Waals surface area (Å²) in [7, 11) is -1.40. The molecular weight excluding hydrogens is 232 g/mol. The second-order valence-corrected chi connectivity index (χ2v) is 9.61. The molecule has 0 aromatic heterocycles. The van der Waals surface area contributed by atoms with Crippen molar-refractivity contribution in [2.24, 2.45) is 0 Å². The first-order valence-corrected chi connectivity index (χ1v) is 8.78. The molecule has 0 N–H and O–H groups in total. The van der Waals surface area contributed by atoms with E-state index in [2.05, 4.69) is 41.2 Å². The maximum atomic E-state index is 6.03. The van der Waals surface area contributed by atoms with Crippen molar-refractivity contribution in [2.45, 2.75) is 38.5 Å². The Kier molecular flexibility index (Phi) is 4.00. The molecule has 0 heterocycles. The van der Waals surface area contributed by atoms with Crippen molar-refractivity contribution in [3.05, 3.63) is 12.2 Å². The van der Waals surface area contributed by atoms with Crippen molar-refractivity contribution in [3.8, 4) is 0 Å². The average Bonchev–Trinajstić information content (AvgIpc) is 2.06. The van der Waals surface area contributed by atoms with Gasteiger partial charge >= 0.3 is 0 Å². The van der Waals surface area contributed by atoms with Crippen LogP contribution in [0.4, 0.5) is 0 Å². The molecule has 0 aromatic rings. The lowest BCUT2D eigenvalue weighted by Crippen LogP contribution is -2.37. The van der Waals surface area contributed by atoms with E-state index in [1.54, 1.807) is 0 Å². The molecular formula is C9H17BrOSi. The van der Waals surface area contributed by atoms with Gasteiger partial charge in [0.15, 0.2) is 8.32 Å². The lowest BCUT2D eigenvalue weighted by molar-refractivity contribution is 0.222. The summed E-state index contributed by atoms with van der Waals surface area (Å²) in [6.45, 7) is 4.51. The summed E-state index contributed by atoms with van der Waals surface area (Å²) < 4.78 is 6.03. The molecule has 1 rings (SSSR count). The topological polar surface area (TPSA) is 9.23 Å². The molecule has 0 radical (unpaired) electrons. The number of allylic oxidation sites excluding steroid dienone is 1. The van der Waals surface area contributed by atoms with Gasteiger partial charge in [-0.3, -0.25) is 0 Å². The largest absolute Gasteiger partial charge is 0.410 e. The highest BCUT2D eigenvalue weighted by Gasteiger charge is 2.24. The van der Waals surface area contributed by atoms with Gasteiger partial charge in [0, 0.05) is 4.95 Å². The second kappa shape index (κ2) is 4.58. The Bertz CT molecular complexity index is 168. The highest BCUT2D eigenvalue weighted by Crippen LogP contribution is 2.19. The molecule has 1 nitrogen and oxygen atoms in total. The lowest BCUT2D eigenvalue weighted by Gasteiger charge is -2.27. The van der Waals surface area contributed by atoms with Crippen molar-refractivity contribution in [1.29, 1.82) is 0 Å². The molecule has 1 unspecified atom stereocenters. The number of rotatable bonds is 3. The Morgan fingerprint density at radius 2 is 2.33 bits per heavy atom. The minimum atomic E-state index is -1.40. The molecule has 12 heavy (non-hydrogen) atoms. The maximum absolute atomic E-state index is 6.03. The van der Waals surface area contributed by atoms with Gasteiger partial charge in [0.2, 0.25) is 0 Å². The third-order valence-electron chi connectivity index (χ3n) is 2.00. The van der Waals surface area contributed by atoms with Crippen LogP contribution in [0.3, 0.4) is 0 Å². The summed E-state index contributed by atoms with van der Waals surface area (Å²) in [4.78, 5) is 1.03. The number of hydrogen-bond acceptors (Lipinski definition) is 1. The fraction of sp³-hybridized carbons (Fsp3) is 0.778. The zero-order valence-electron chi connectivity index (χ0n) is 7.85. The van der Waals surface area contributed by atoms with Crippen LogP contribution in [0, 0.1) is 0 Å². The minimum Gasteiger partial charge on any atom is -0.410 e. The van der Waals surface area contributed by atoms with E-state index in [1.165, 1.54) is 19.3 Å². The zero-order valence-corrected chi connectivity index (χ0v) is 10.4. The normalized spacial score (nSPS) is 24.4. The number of halogens is 1. The van der Waals surface area contributed by atoms with E-state index in [9.17, 15) is 0 Å². The maximum Gasteiger partial charge on any atom is 0.197 e. The smallest absolute Gasteiger partial charge is 0.197 e. The van der Waals surface area contributed by atoms with E-state index in [-0.39, 0.29) is 0 Å². The Labute approximate surface area is 84.4 Å². The third kappa shape index (κ3) is 3.41. The monoisotopic (exact) mass is 248 g/mol. The molecule has 0 aromatic carbocycles. The summed E-state index contributed by atoms with van der Waals surface area (Å²) in [5.74, 6) is 0. The molecule has 3 heteroatoms. The van der Waals surface area contributed by atoms with Gasteiger partial charge in [-0.15, -0.1) is 0 Å². The van der Waals surface area contributed by atoms with Crippen molar-refractivity contribution in [2.75, 3.05) is 4.95 Å². The van der Waals surface area contributed by atoms with Crippen molar-refractivity contribution in [1.82, 2.24) is 0 Å². The molecule has 0 saturated carbocycles. The minimum absolute atomic E-state index is 0.401. The van der Waals surface area contributed by atoms with Gasteiger partial charge < -0.3 is 4.43 Å². The molecule has 1 aliphatic carbocycles. The van der Waals surface area contributed by atoms with Crippen LogP contribution < -0.4 is 0 Å². The van der Waals surface area contributed by atoms with Crippen molar-refractivity contribution < 1.29 is 4.43 Å². The predicted molar refractivity (Wildman–Crippen MR) is 59.1 cm³/mol. The summed E-state index contributed by atoms with van der Waals surface area (Å²) >= 11 is 3.51. The van der Waals surface area contributed by atoms with E-state index in [0.717, 1.165) is 4.95 Å². The Balaban J connectivity index is 2.39. The second-order valence-electron chi connectivity index (χ2n) is 3.91. The first-order chi connectivity index (χ1) is 5.64. The first-order valence-electron chi connectivity index (χ1n) is 4.54.